The summed E-state index contributed by atoms with van der Waals surface area (Å²) in [6, 6.07) is 14.0. The molecule has 0 unspecified atom stereocenters. The average molecular weight is 405 g/mol. The topological polar surface area (TPSA) is 81.8 Å². The molecule has 2 N–H and O–H groups in total. The summed E-state index contributed by atoms with van der Waals surface area (Å²) in [6.45, 7) is 2.00. The number of fused-ring (bicyclic) bond motifs is 1. The van der Waals surface area contributed by atoms with Crippen LogP contribution < -0.4 is 10.6 Å². The first-order chi connectivity index (χ1) is 13.4. The van der Waals surface area contributed by atoms with Gasteiger partial charge in [0, 0.05) is 40.3 Å². The lowest BCUT2D eigenvalue weighted by atomic mass is 9.98. The molecular formula is C20H28N4O3S. The molecule has 152 valence electrons. The van der Waals surface area contributed by atoms with Crippen LogP contribution in [0.4, 0.5) is 4.79 Å². The van der Waals surface area contributed by atoms with Crippen molar-refractivity contribution < 1.29 is 13.2 Å². The number of nitrogens with one attached hydrogen (secondary N) is 2. The van der Waals surface area contributed by atoms with Crippen molar-refractivity contribution in [2.45, 2.75) is 19.4 Å². The summed E-state index contributed by atoms with van der Waals surface area (Å²) in [7, 11) is -0.255. The van der Waals surface area contributed by atoms with Gasteiger partial charge in [0.05, 0.1) is 0 Å². The van der Waals surface area contributed by atoms with Crippen LogP contribution in [-0.2, 0) is 16.8 Å². The van der Waals surface area contributed by atoms with E-state index in [2.05, 4.69) is 28.8 Å². The summed E-state index contributed by atoms with van der Waals surface area (Å²) >= 11 is 0. The van der Waals surface area contributed by atoms with Gasteiger partial charge >= 0.3 is 6.03 Å². The fourth-order valence-electron chi connectivity index (χ4n) is 3.50. The van der Waals surface area contributed by atoms with E-state index in [1.807, 2.05) is 24.3 Å². The first kappa shape index (κ1) is 20.6. The number of carbonyl (C=O) groups excluding carboxylic acids is 1. The molecule has 1 heterocycles. The number of urea groups is 1. The van der Waals surface area contributed by atoms with E-state index in [4.69, 9.17) is 0 Å². The monoisotopic (exact) mass is 404 g/mol. The number of piperidine rings is 1. The minimum Gasteiger partial charge on any atom is -0.338 e. The number of rotatable bonds is 6. The first-order valence-corrected chi connectivity index (χ1v) is 10.9. The zero-order valence-electron chi connectivity index (χ0n) is 16.4. The lowest BCUT2D eigenvalue weighted by Crippen LogP contribution is -2.46. The summed E-state index contributed by atoms with van der Waals surface area (Å²) in [5, 5.41) is 8.13. The largest absolute Gasteiger partial charge is 0.338 e. The fraction of sp³-hybridized carbons (Fsp3) is 0.450. The van der Waals surface area contributed by atoms with Crippen LogP contribution in [0.1, 0.15) is 18.4 Å². The predicted molar refractivity (Wildman–Crippen MR) is 111 cm³/mol. The molecule has 2 aromatic carbocycles. The summed E-state index contributed by atoms with van der Waals surface area (Å²) in [4.78, 5) is 12.2. The highest BCUT2D eigenvalue weighted by Crippen LogP contribution is 2.20. The van der Waals surface area contributed by atoms with Crippen molar-refractivity contribution in [3.05, 3.63) is 48.0 Å². The smallest absolute Gasteiger partial charge is 0.315 e. The molecule has 0 atom stereocenters. The van der Waals surface area contributed by atoms with E-state index < -0.39 is 10.2 Å². The van der Waals surface area contributed by atoms with Gasteiger partial charge < -0.3 is 10.6 Å². The van der Waals surface area contributed by atoms with Crippen molar-refractivity contribution in [1.29, 1.82) is 0 Å². The Bertz CT molecular complexity index is 917. The van der Waals surface area contributed by atoms with Gasteiger partial charge in [-0.2, -0.15) is 17.0 Å². The number of hydrogen-bond acceptors (Lipinski definition) is 3. The molecule has 0 spiro atoms. The van der Waals surface area contributed by atoms with Crippen molar-refractivity contribution in [1.82, 2.24) is 19.2 Å². The highest BCUT2D eigenvalue weighted by atomic mass is 32.2. The van der Waals surface area contributed by atoms with E-state index in [0.29, 0.717) is 26.2 Å². The van der Waals surface area contributed by atoms with Crippen LogP contribution in [-0.4, -0.2) is 56.8 Å². The number of hydrogen-bond donors (Lipinski definition) is 2. The summed E-state index contributed by atoms with van der Waals surface area (Å²) < 4.78 is 27.0. The molecule has 2 amide bonds. The predicted octanol–water partition coefficient (Wildman–Crippen LogP) is 2.16. The van der Waals surface area contributed by atoms with Crippen molar-refractivity contribution in [2.75, 3.05) is 33.7 Å². The summed E-state index contributed by atoms with van der Waals surface area (Å²) in [6.07, 6.45) is 1.49. The molecule has 1 saturated heterocycles. The molecule has 28 heavy (non-hydrogen) atoms. The van der Waals surface area contributed by atoms with E-state index in [0.717, 1.165) is 29.2 Å². The molecule has 7 nitrogen and oxygen atoms in total. The lowest BCUT2D eigenvalue weighted by Gasteiger charge is -2.32. The quantitative estimate of drug-likeness (QED) is 0.774. The van der Waals surface area contributed by atoms with Crippen LogP contribution >= 0.6 is 0 Å². The molecule has 1 aliphatic rings. The van der Waals surface area contributed by atoms with E-state index in [-0.39, 0.29) is 11.9 Å². The average Bonchev–Trinajstić information content (AvgIpc) is 2.70. The summed E-state index contributed by atoms with van der Waals surface area (Å²) in [5.74, 6) is 0.289. The Hall–Kier alpha value is -2.16. The molecule has 3 rings (SSSR count). The third-order valence-corrected chi connectivity index (χ3v) is 7.17. The van der Waals surface area contributed by atoms with Crippen molar-refractivity contribution in [3.63, 3.8) is 0 Å². The molecule has 0 aliphatic carbocycles. The van der Waals surface area contributed by atoms with E-state index in [1.54, 1.807) is 14.1 Å². The Morgan fingerprint density at radius 2 is 1.75 bits per heavy atom. The van der Waals surface area contributed by atoms with Crippen molar-refractivity contribution in [3.8, 4) is 0 Å². The number of benzene rings is 2. The molecule has 8 heteroatoms. The molecule has 1 aliphatic heterocycles. The Labute approximate surface area is 166 Å². The maximum absolute atomic E-state index is 12.2. The van der Waals surface area contributed by atoms with Gasteiger partial charge in [-0.3, -0.25) is 0 Å². The van der Waals surface area contributed by atoms with Gasteiger partial charge in [-0.1, -0.05) is 42.5 Å². The second-order valence-electron chi connectivity index (χ2n) is 7.33. The molecule has 0 radical (unpaired) electrons. The molecule has 1 fully saturated rings. The number of amides is 2. The minimum absolute atomic E-state index is 0.198. The van der Waals surface area contributed by atoms with Gasteiger partial charge in [0.2, 0.25) is 0 Å². The highest BCUT2D eigenvalue weighted by Gasteiger charge is 2.29. The maximum Gasteiger partial charge on any atom is 0.315 e. The third kappa shape index (κ3) is 4.81. The van der Waals surface area contributed by atoms with Gasteiger partial charge in [-0.25, -0.2) is 4.79 Å². The van der Waals surface area contributed by atoms with E-state index >= 15 is 0 Å². The van der Waals surface area contributed by atoms with Gasteiger partial charge in [0.15, 0.2) is 0 Å². The normalized spacial score (nSPS) is 16.4. The van der Waals surface area contributed by atoms with Crippen molar-refractivity contribution in [2.24, 2.45) is 5.92 Å². The standard InChI is InChI=1S/C20H28N4O3S/c1-23(2)28(26,27)24-12-10-16(11-13-24)14-21-20(25)22-15-18-8-5-7-17-6-3-4-9-19(17)18/h3-9,16H,10-15H2,1-2H3,(H2,21,22,25). The Kier molecular flexibility index (Phi) is 6.53. The molecule has 0 aromatic heterocycles. The zero-order chi connectivity index (χ0) is 20.1. The SMILES string of the molecule is CN(C)S(=O)(=O)N1CCC(CNC(=O)NCc2cccc3ccccc23)CC1. The molecular weight excluding hydrogens is 376 g/mol. The van der Waals surface area contributed by atoms with Crippen LogP contribution in [0, 0.1) is 5.92 Å². The van der Waals surface area contributed by atoms with Crippen LogP contribution in [0.5, 0.6) is 0 Å². The summed E-state index contributed by atoms with van der Waals surface area (Å²) in [5.41, 5.74) is 1.08. The maximum atomic E-state index is 12.2. The van der Waals surface area contributed by atoms with Crippen LogP contribution in [0.2, 0.25) is 0 Å². The van der Waals surface area contributed by atoms with Gasteiger partial charge in [0.1, 0.15) is 0 Å². The Balaban J connectivity index is 1.44. The van der Waals surface area contributed by atoms with Gasteiger partial charge in [-0.05, 0) is 35.1 Å². The first-order valence-electron chi connectivity index (χ1n) is 9.54. The molecule has 2 aromatic rings. The minimum atomic E-state index is -3.34. The lowest BCUT2D eigenvalue weighted by molar-refractivity contribution is 0.229. The fourth-order valence-corrected chi connectivity index (χ4v) is 4.63. The van der Waals surface area contributed by atoms with Gasteiger partial charge in [0.25, 0.3) is 10.2 Å². The van der Waals surface area contributed by atoms with Crippen molar-refractivity contribution >= 4 is 27.0 Å². The highest BCUT2D eigenvalue weighted by molar-refractivity contribution is 7.86. The van der Waals surface area contributed by atoms with Crippen LogP contribution in [0.25, 0.3) is 10.8 Å². The zero-order valence-corrected chi connectivity index (χ0v) is 17.2. The van der Waals surface area contributed by atoms with E-state index in [9.17, 15) is 13.2 Å². The second kappa shape index (κ2) is 8.89. The molecule has 0 bridgehead atoms. The molecule has 0 saturated carbocycles. The van der Waals surface area contributed by atoms with Crippen LogP contribution in [0.15, 0.2) is 42.5 Å². The van der Waals surface area contributed by atoms with E-state index in [1.165, 1.54) is 8.61 Å². The van der Waals surface area contributed by atoms with Crippen LogP contribution in [0.3, 0.4) is 0 Å². The third-order valence-electron chi connectivity index (χ3n) is 5.23. The van der Waals surface area contributed by atoms with Gasteiger partial charge in [-0.15, -0.1) is 0 Å². The Morgan fingerprint density at radius 1 is 1.07 bits per heavy atom. The Morgan fingerprint density at radius 3 is 2.46 bits per heavy atom. The second-order valence-corrected chi connectivity index (χ2v) is 9.48. The number of nitrogens with zero attached hydrogens (tertiary/aromatic N) is 2. The number of carbonyl (C=O) groups is 1.